The van der Waals surface area contributed by atoms with Crippen molar-refractivity contribution in [3.63, 3.8) is 0 Å². The molecule has 9 heteroatoms. The van der Waals surface area contributed by atoms with E-state index in [-0.39, 0.29) is 5.57 Å². The second kappa shape index (κ2) is 8.05. The SMILES string of the molecule is O=C(O)COc1ccc(/C=C2/C(=O)NC(=O)N(c3ccc(Br)cc3)C2=O)cc1. The molecule has 0 saturated carbocycles. The van der Waals surface area contributed by atoms with Crippen molar-refractivity contribution in [1.29, 1.82) is 0 Å². The molecule has 2 aromatic rings. The summed E-state index contributed by atoms with van der Waals surface area (Å²) in [6.07, 6.45) is 1.34. The number of halogens is 1. The molecule has 1 fully saturated rings. The number of hydrogen-bond donors (Lipinski definition) is 2. The third kappa shape index (κ3) is 4.26. The molecule has 4 amide bonds. The van der Waals surface area contributed by atoms with Gasteiger partial charge in [0.05, 0.1) is 5.69 Å². The van der Waals surface area contributed by atoms with Crippen molar-refractivity contribution in [2.24, 2.45) is 0 Å². The summed E-state index contributed by atoms with van der Waals surface area (Å²) in [5.74, 6) is -2.32. The zero-order chi connectivity index (χ0) is 20.3. The van der Waals surface area contributed by atoms with E-state index in [0.29, 0.717) is 17.0 Å². The average molecular weight is 445 g/mol. The van der Waals surface area contributed by atoms with E-state index >= 15 is 0 Å². The van der Waals surface area contributed by atoms with Crippen LogP contribution in [0.25, 0.3) is 6.08 Å². The van der Waals surface area contributed by atoms with Crippen LogP contribution in [0, 0.1) is 0 Å². The Morgan fingerprint density at radius 1 is 1.07 bits per heavy atom. The number of rotatable bonds is 5. The van der Waals surface area contributed by atoms with Gasteiger partial charge in [0.1, 0.15) is 11.3 Å². The summed E-state index contributed by atoms with van der Waals surface area (Å²) < 4.78 is 5.81. The number of anilines is 1. The van der Waals surface area contributed by atoms with E-state index < -0.39 is 30.4 Å². The van der Waals surface area contributed by atoms with Crippen molar-refractivity contribution in [1.82, 2.24) is 5.32 Å². The fourth-order valence-electron chi connectivity index (χ4n) is 2.45. The lowest BCUT2D eigenvalue weighted by molar-refractivity contribution is -0.139. The van der Waals surface area contributed by atoms with E-state index in [0.717, 1.165) is 9.37 Å². The number of carbonyl (C=O) groups excluding carboxylic acids is 3. The van der Waals surface area contributed by atoms with Crippen molar-refractivity contribution >= 4 is 51.5 Å². The molecule has 3 rings (SSSR count). The molecule has 1 heterocycles. The first-order valence-electron chi connectivity index (χ1n) is 7.97. The molecular formula is C19H13BrN2O6. The number of carboxylic acid groups (broad SMARTS) is 1. The van der Waals surface area contributed by atoms with Gasteiger partial charge in [-0.05, 0) is 48.0 Å². The zero-order valence-corrected chi connectivity index (χ0v) is 15.8. The van der Waals surface area contributed by atoms with Crippen LogP contribution in [-0.4, -0.2) is 35.5 Å². The maximum atomic E-state index is 12.8. The Bertz CT molecular complexity index is 982. The van der Waals surface area contributed by atoms with Crippen LogP contribution in [-0.2, 0) is 14.4 Å². The molecule has 0 aromatic heterocycles. The predicted molar refractivity (Wildman–Crippen MR) is 103 cm³/mol. The molecule has 1 saturated heterocycles. The van der Waals surface area contributed by atoms with Crippen LogP contribution in [0.15, 0.2) is 58.6 Å². The number of hydrogen-bond acceptors (Lipinski definition) is 5. The number of carboxylic acids is 1. The average Bonchev–Trinajstić information content (AvgIpc) is 2.66. The van der Waals surface area contributed by atoms with Crippen LogP contribution in [0.3, 0.4) is 0 Å². The van der Waals surface area contributed by atoms with Gasteiger partial charge in [-0.2, -0.15) is 0 Å². The minimum Gasteiger partial charge on any atom is -0.482 e. The minimum atomic E-state index is -1.10. The number of ether oxygens (including phenoxy) is 1. The lowest BCUT2D eigenvalue weighted by Gasteiger charge is -2.26. The van der Waals surface area contributed by atoms with Crippen molar-refractivity contribution < 1.29 is 29.0 Å². The number of nitrogens with one attached hydrogen (secondary N) is 1. The molecule has 1 aliphatic heterocycles. The predicted octanol–water partition coefficient (Wildman–Crippen LogP) is 2.58. The van der Waals surface area contributed by atoms with Gasteiger partial charge in [-0.3, -0.25) is 14.9 Å². The molecule has 0 bridgehead atoms. The van der Waals surface area contributed by atoms with Crippen LogP contribution >= 0.6 is 15.9 Å². The molecule has 8 nitrogen and oxygen atoms in total. The van der Waals surface area contributed by atoms with Gasteiger partial charge in [0.2, 0.25) is 0 Å². The number of urea groups is 1. The monoisotopic (exact) mass is 444 g/mol. The summed E-state index contributed by atoms with van der Waals surface area (Å²) in [5, 5.41) is 10.8. The third-order valence-electron chi connectivity index (χ3n) is 3.74. The van der Waals surface area contributed by atoms with Gasteiger partial charge in [-0.1, -0.05) is 28.1 Å². The van der Waals surface area contributed by atoms with Crippen molar-refractivity contribution in [2.45, 2.75) is 0 Å². The molecule has 0 radical (unpaired) electrons. The summed E-state index contributed by atoms with van der Waals surface area (Å²) in [6, 6.07) is 11.8. The normalized spacial score (nSPS) is 15.5. The number of imide groups is 2. The summed E-state index contributed by atoms with van der Waals surface area (Å²) in [5.41, 5.74) is 0.620. The fraction of sp³-hybridized carbons (Fsp3) is 0.0526. The number of aliphatic carboxylic acids is 1. The lowest BCUT2D eigenvalue weighted by atomic mass is 10.1. The van der Waals surface area contributed by atoms with Gasteiger partial charge in [0, 0.05) is 4.47 Å². The van der Waals surface area contributed by atoms with Gasteiger partial charge in [-0.25, -0.2) is 14.5 Å². The van der Waals surface area contributed by atoms with Crippen LogP contribution in [0.2, 0.25) is 0 Å². The summed E-state index contributed by atoms with van der Waals surface area (Å²) in [7, 11) is 0. The van der Waals surface area contributed by atoms with E-state index in [1.165, 1.54) is 18.2 Å². The van der Waals surface area contributed by atoms with Crippen molar-refractivity contribution in [3.8, 4) is 5.75 Å². The molecule has 2 aromatic carbocycles. The Labute approximate surface area is 167 Å². The van der Waals surface area contributed by atoms with E-state index in [9.17, 15) is 19.2 Å². The Hall–Kier alpha value is -3.46. The molecule has 0 spiro atoms. The maximum absolute atomic E-state index is 12.8. The smallest absolute Gasteiger partial charge is 0.341 e. The van der Waals surface area contributed by atoms with Crippen LogP contribution in [0.4, 0.5) is 10.5 Å². The second-order valence-electron chi connectivity index (χ2n) is 5.69. The first-order valence-corrected chi connectivity index (χ1v) is 8.76. The number of barbiturate groups is 1. The second-order valence-corrected chi connectivity index (χ2v) is 6.60. The van der Waals surface area contributed by atoms with E-state index in [4.69, 9.17) is 9.84 Å². The number of benzene rings is 2. The molecule has 1 aliphatic rings. The van der Waals surface area contributed by atoms with Gasteiger partial charge >= 0.3 is 12.0 Å². The quantitative estimate of drug-likeness (QED) is 0.541. The molecule has 28 heavy (non-hydrogen) atoms. The Kier molecular flexibility index (Phi) is 5.55. The van der Waals surface area contributed by atoms with E-state index in [1.54, 1.807) is 36.4 Å². The summed E-state index contributed by atoms with van der Waals surface area (Å²) >= 11 is 3.28. The molecule has 0 unspecified atom stereocenters. The van der Waals surface area contributed by atoms with Crippen molar-refractivity contribution in [3.05, 3.63) is 64.1 Å². The maximum Gasteiger partial charge on any atom is 0.341 e. The standard InChI is InChI=1S/C19H13BrN2O6/c20-12-3-5-13(6-4-12)22-18(26)15(17(25)21-19(22)27)9-11-1-7-14(8-2-11)28-10-16(23)24/h1-9H,10H2,(H,23,24)(H,21,25,27)/b15-9-. The van der Waals surface area contributed by atoms with E-state index in [2.05, 4.69) is 21.2 Å². The largest absolute Gasteiger partial charge is 0.482 e. The topological polar surface area (TPSA) is 113 Å². The molecule has 142 valence electrons. The zero-order valence-electron chi connectivity index (χ0n) is 14.2. The van der Waals surface area contributed by atoms with Crippen molar-refractivity contribution in [2.75, 3.05) is 11.5 Å². The molecule has 0 aliphatic carbocycles. The number of carbonyl (C=O) groups is 4. The highest BCUT2D eigenvalue weighted by molar-refractivity contribution is 9.10. The highest BCUT2D eigenvalue weighted by atomic mass is 79.9. The molecular weight excluding hydrogens is 432 g/mol. The third-order valence-corrected chi connectivity index (χ3v) is 4.27. The summed E-state index contributed by atoms with van der Waals surface area (Å²) in [4.78, 5) is 48.4. The highest BCUT2D eigenvalue weighted by Crippen LogP contribution is 2.24. The Morgan fingerprint density at radius 3 is 2.32 bits per heavy atom. The summed E-state index contributed by atoms with van der Waals surface area (Å²) in [6.45, 7) is -0.481. The van der Waals surface area contributed by atoms with E-state index in [1.807, 2.05) is 0 Å². The molecule has 0 atom stereocenters. The van der Waals surface area contributed by atoms with Crippen LogP contribution in [0.5, 0.6) is 5.75 Å². The van der Waals surface area contributed by atoms with Gasteiger partial charge in [0.25, 0.3) is 11.8 Å². The minimum absolute atomic E-state index is 0.207. The van der Waals surface area contributed by atoms with Gasteiger partial charge in [-0.15, -0.1) is 0 Å². The van der Waals surface area contributed by atoms with Gasteiger partial charge < -0.3 is 9.84 Å². The first-order chi connectivity index (χ1) is 13.3. The number of amides is 4. The fourth-order valence-corrected chi connectivity index (χ4v) is 2.72. The number of nitrogens with zero attached hydrogens (tertiary/aromatic N) is 1. The highest BCUT2D eigenvalue weighted by Gasteiger charge is 2.36. The molecule has 2 N–H and O–H groups in total. The Morgan fingerprint density at radius 2 is 1.71 bits per heavy atom. The Balaban J connectivity index is 1.86. The lowest BCUT2D eigenvalue weighted by Crippen LogP contribution is -2.54. The van der Waals surface area contributed by atoms with Gasteiger partial charge in [0.15, 0.2) is 6.61 Å². The first kappa shape index (κ1) is 19.3. The van der Waals surface area contributed by atoms with Crippen LogP contribution in [0.1, 0.15) is 5.56 Å². The van der Waals surface area contributed by atoms with Crippen LogP contribution < -0.4 is 15.0 Å².